The number of rotatable bonds is 5. The third-order valence-electron chi connectivity index (χ3n) is 5.09. The highest BCUT2D eigenvalue weighted by atomic mass is 35.5. The van der Waals surface area contributed by atoms with E-state index < -0.39 is 53.8 Å². The molecule has 1 fully saturated rings. The molecule has 1 saturated heterocycles. The molecule has 0 saturated carbocycles. The molecule has 5 atom stereocenters. The van der Waals surface area contributed by atoms with Gasteiger partial charge in [0.05, 0.1) is 22.8 Å². The minimum Gasteiger partial charge on any atom is -0.394 e. The Labute approximate surface area is 199 Å². The van der Waals surface area contributed by atoms with Gasteiger partial charge in [-0.2, -0.15) is 0 Å². The molecule has 1 aromatic heterocycles. The first-order chi connectivity index (χ1) is 15.7. The Hall–Kier alpha value is -1.86. The molecule has 1 aliphatic rings. The standard InChI is InChI=1S/C20H16Cl2F3N3O4S/c21-10-2-1-9(5-11(10)22)33-20-19(31)17(18(30)15(7-29)32-20)28-6-14(26-27-28)8-3-12(23)16(25)13(24)4-8/h1-6,15,17-20,29-31H,7H2/t15?,17?,18-,19-,20+/m0/s1. The molecular formula is C20H16Cl2F3N3O4S. The van der Waals surface area contributed by atoms with Crippen LogP contribution in [0.2, 0.25) is 10.0 Å². The Morgan fingerprint density at radius 3 is 2.36 bits per heavy atom. The van der Waals surface area contributed by atoms with Crippen molar-refractivity contribution in [2.24, 2.45) is 0 Å². The van der Waals surface area contributed by atoms with E-state index >= 15 is 0 Å². The summed E-state index contributed by atoms with van der Waals surface area (Å²) >= 11 is 13.0. The summed E-state index contributed by atoms with van der Waals surface area (Å²) < 4.78 is 47.2. The zero-order valence-electron chi connectivity index (χ0n) is 16.4. The minimum absolute atomic E-state index is 0.0204. The van der Waals surface area contributed by atoms with E-state index in [0.717, 1.165) is 28.6 Å². The lowest BCUT2D eigenvalue weighted by atomic mass is 9.97. The van der Waals surface area contributed by atoms with E-state index in [2.05, 4.69) is 10.3 Å². The van der Waals surface area contributed by atoms with Gasteiger partial charge in [-0.05, 0) is 30.3 Å². The monoisotopic (exact) mass is 521 g/mol. The van der Waals surface area contributed by atoms with Gasteiger partial charge in [-0.3, -0.25) is 0 Å². The molecular weight excluding hydrogens is 506 g/mol. The van der Waals surface area contributed by atoms with Crippen LogP contribution in [0.4, 0.5) is 13.2 Å². The van der Waals surface area contributed by atoms with Gasteiger partial charge in [0.2, 0.25) is 0 Å². The third kappa shape index (κ3) is 4.85. The van der Waals surface area contributed by atoms with Crippen LogP contribution in [0.1, 0.15) is 6.04 Å². The number of aliphatic hydroxyl groups excluding tert-OH is 3. The Balaban J connectivity index is 1.63. The molecule has 4 rings (SSSR count). The van der Waals surface area contributed by atoms with Gasteiger partial charge in [-0.1, -0.05) is 40.2 Å². The molecule has 3 N–H and O–H groups in total. The van der Waals surface area contributed by atoms with Crippen LogP contribution < -0.4 is 0 Å². The average molecular weight is 522 g/mol. The first kappa shape index (κ1) is 24.3. The van der Waals surface area contributed by atoms with Crippen LogP contribution in [0.5, 0.6) is 0 Å². The van der Waals surface area contributed by atoms with Crippen LogP contribution in [-0.2, 0) is 4.74 Å². The van der Waals surface area contributed by atoms with Crippen LogP contribution in [0.15, 0.2) is 41.4 Å². The van der Waals surface area contributed by atoms with Gasteiger partial charge in [0.1, 0.15) is 35.5 Å². The maximum Gasteiger partial charge on any atom is 0.194 e. The Bertz CT molecular complexity index is 1150. The van der Waals surface area contributed by atoms with E-state index in [1.54, 1.807) is 18.2 Å². The number of thioether (sulfide) groups is 1. The molecule has 0 aliphatic carbocycles. The number of aromatic nitrogens is 3. The SMILES string of the molecule is OCC1O[C@H](Sc2ccc(Cl)c(Cl)c2)[C@@H](O)C(n2cc(-c3cc(F)c(F)c(F)c3)nn2)[C@H]1O. The lowest BCUT2D eigenvalue weighted by molar-refractivity contribution is -0.178. The van der Waals surface area contributed by atoms with Crippen LogP contribution in [-0.4, -0.2) is 60.7 Å². The lowest BCUT2D eigenvalue weighted by Crippen LogP contribution is -2.55. The fourth-order valence-electron chi connectivity index (χ4n) is 3.42. The highest BCUT2D eigenvalue weighted by Crippen LogP contribution is 2.39. The van der Waals surface area contributed by atoms with Gasteiger partial charge in [-0.25, -0.2) is 17.9 Å². The molecule has 33 heavy (non-hydrogen) atoms. The molecule has 0 spiro atoms. The summed E-state index contributed by atoms with van der Waals surface area (Å²) in [5.74, 6) is -4.41. The fourth-order valence-corrected chi connectivity index (χ4v) is 4.88. The number of ether oxygens (including phenoxy) is 1. The molecule has 1 aliphatic heterocycles. The summed E-state index contributed by atoms with van der Waals surface area (Å²) in [5, 5.41) is 39.6. The fraction of sp³-hybridized carbons (Fsp3) is 0.300. The first-order valence-corrected chi connectivity index (χ1v) is 11.1. The summed E-state index contributed by atoms with van der Waals surface area (Å²) in [4.78, 5) is 0.608. The number of nitrogens with zero attached hydrogens (tertiary/aromatic N) is 3. The first-order valence-electron chi connectivity index (χ1n) is 9.50. The lowest BCUT2D eigenvalue weighted by Gasteiger charge is -2.41. The smallest absolute Gasteiger partial charge is 0.194 e. The number of hydrogen-bond donors (Lipinski definition) is 3. The van der Waals surface area contributed by atoms with Crippen molar-refractivity contribution in [3.8, 4) is 11.3 Å². The summed E-state index contributed by atoms with van der Waals surface area (Å²) in [7, 11) is 0. The largest absolute Gasteiger partial charge is 0.394 e. The van der Waals surface area contributed by atoms with Crippen molar-refractivity contribution in [3.63, 3.8) is 0 Å². The molecule has 0 bridgehead atoms. The summed E-state index contributed by atoms with van der Waals surface area (Å²) in [6, 6.07) is 5.18. The summed E-state index contributed by atoms with van der Waals surface area (Å²) in [6.07, 6.45) is -2.58. The minimum atomic E-state index is -1.62. The third-order valence-corrected chi connectivity index (χ3v) is 6.97. The second-order valence-electron chi connectivity index (χ2n) is 7.23. The van der Waals surface area contributed by atoms with Gasteiger partial charge in [-0.15, -0.1) is 5.10 Å². The molecule has 176 valence electrons. The van der Waals surface area contributed by atoms with Crippen LogP contribution in [0, 0.1) is 17.5 Å². The van der Waals surface area contributed by atoms with E-state index in [1.807, 2.05) is 0 Å². The zero-order valence-corrected chi connectivity index (χ0v) is 18.8. The maximum absolute atomic E-state index is 13.6. The molecule has 3 aromatic rings. The molecule has 0 radical (unpaired) electrons. The van der Waals surface area contributed by atoms with E-state index in [1.165, 1.54) is 6.20 Å². The van der Waals surface area contributed by atoms with Gasteiger partial charge in [0.25, 0.3) is 0 Å². The maximum atomic E-state index is 13.6. The molecule has 2 unspecified atom stereocenters. The Morgan fingerprint density at radius 1 is 1.03 bits per heavy atom. The zero-order chi connectivity index (χ0) is 23.9. The highest BCUT2D eigenvalue weighted by molar-refractivity contribution is 7.99. The van der Waals surface area contributed by atoms with Crippen LogP contribution >= 0.6 is 35.0 Å². The van der Waals surface area contributed by atoms with E-state index in [-0.39, 0.29) is 11.3 Å². The number of aliphatic hydroxyl groups is 3. The highest BCUT2D eigenvalue weighted by Gasteiger charge is 2.46. The number of hydrogen-bond acceptors (Lipinski definition) is 7. The van der Waals surface area contributed by atoms with Crippen molar-refractivity contribution < 1.29 is 33.2 Å². The predicted molar refractivity (Wildman–Crippen MR) is 114 cm³/mol. The Morgan fingerprint density at radius 2 is 1.73 bits per heavy atom. The van der Waals surface area contributed by atoms with E-state index in [4.69, 9.17) is 27.9 Å². The second kappa shape index (κ2) is 9.79. The van der Waals surface area contributed by atoms with Gasteiger partial charge in [0.15, 0.2) is 17.5 Å². The number of halogens is 5. The molecule has 7 nitrogen and oxygen atoms in total. The van der Waals surface area contributed by atoms with E-state index in [9.17, 15) is 28.5 Å². The van der Waals surface area contributed by atoms with Crippen molar-refractivity contribution in [1.82, 2.24) is 15.0 Å². The molecule has 0 amide bonds. The second-order valence-corrected chi connectivity index (χ2v) is 9.21. The van der Waals surface area contributed by atoms with Crippen LogP contribution in [0.25, 0.3) is 11.3 Å². The van der Waals surface area contributed by atoms with Crippen molar-refractivity contribution >= 4 is 35.0 Å². The average Bonchev–Trinajstić information content (AvgIpc) is 3.26. The number of benzene rings is 2. The summed E-state index contributed by atoms with van der Waals surface area (Å²) in [5.41, 5.74) is -1.07. The van der Waals surface area contributed by atoms with Crippen molar-refractivity contribution in [3.05, 3.63) is 64.0 Å². The van der Waals surface area contributed by atoms with Gasteiger partial charge >= 0.3 is 0 Å². The quantitative estimate of drug-likeness (QED) is 0.442. The van der Waals surface area contributed by atoms with E-state index in [0.29, 0.717) is 14.9 Å². The molecule has 2 aromatic carbocycles. The normalized spacial score (nSPS) is 25.4. The predicted octanol–water partition coefficient (Wildman–Crippen LogP) is 3.44. The van der Waals surface area contributed by atoms with Crippen molar-refractivity contribution in [2.45, 2.75) is 34.7 Å². The molecule has 2 heterocycles. The Kier molecular flexibility index (Phi) is 7.20. The molecule has 13 heteroatoms. The van der Waals surface area contributed by atoms with Gasteiger partial charge < -0.3 is 20.1 Å². The summed E-state index contributed by atoms with van der Waals surface area (Å²) in [6.45, 7) is -0.557. The topological polar surface area (TPSA) is 101 Å². The van der Waals surface area contributed by atoms with Crippen molar-refractivity contribution in [1.29, 1.82) is 0 Å². The van der Waals surface area contributed by atoms with Crippen molar-refractivity contribution in [2.75, 3.05) is 6.61 Å². The van der Waals surface area contributed by atoms with Crippen LogP contribution in [0.3, 0.4) is 0 Å². The van der Waals surface area contributed by atoms with Gasteiger partial charge in [0, 0.05) is 10.5 Å².